The number of amides is 2. The van der Waals surface area contributed by atoms with Crippen molar-refractivity contribution in [2.45, 2.75) is 6.92 Å². The van der Waals surface area contributed by atoms with Crippen LogP contribution in [0.15, 0.2) is 48.5 Å². The summed E-state index contributed by atoms with van der Waals surface area (Å²) in [6.45, 7) is 1.69. The third kappa shape index (κ3) is 2.72. The quantitative estimate of drug-likeness (QED) is 0.638. The van der Waals surface area contributed by atoms with Crippen LogP contribution >= 0.6 is 0 Å². The Labute approximate surface area is 137 Å². The van der Waals surface area contributed by atoms with Crippen LogP contribution in [0, 0.1) is 6.92 Å². The van der Waals surface area contributed by atoms with Gasteiger partial charge in [0.2, 0.25) is 5.95 Å². The topological polar surface area (TPSA) is 118 Å². The van der Waals surface area contributed by atoms with Gasteiger partial charge in [-0.2, -0.15) is 9.67 Å². The molecule has 0 aliphatic carbocycles. The Hall–Kier alpha value is -3.55. The molecule has 0 spiro atoms. The van der Waals surface area contributed by atoms with Crippen LogP contribution in [0.25, 0.3) is 5.69 Å². The zero-order chi connectivity index (χ0) is 17.3. The van der Waals surface area contributed by atoms with Gasteiger partial charge in [0, 0.05) is 6.07 Å². The average Bonchev–Trinajstić information content (AvgIpc) is 2.93. The van der Waals surface area contributed by atoms with E-state index in [2.05, 4.69) is 10.1 Å². The van der Waals surface area contributed by atoms with E-state index in [4.69, 9.17) is 5.73 Å². The molecule has 0 radical (unpaired) electrons. The Bertz CT molecular complexity index is 892. The third-order valence-corrected chi connectivity index (χ3v) is 3.33. The lowest BCUT2D eigenvalue weighted by Gasteiger charge is -2.20. The number of urea groups is 1. The Balaban J connectivity index is 2.17. The second-order valence-electron chi connectivity index (χ2n) is 5.05. The first kappa shape index (κ1) is 15.3. The van der Waals surface area contributed by atoms with Gasteiger partial charge in [0.25, 0.3) is 0 Å². The van der Waals surface area contributed by atoms with Crippen LogP contribution < -0.4 is 10.6 Å². The number of primary amides is 1. The van der Waals surface area contributed by atoms with Crippen molar-refractivity contribution in [1.82, 2.24) is 14.8 Å². The lowest BCUT2D eigenvalue weighted by atomic mass is 10.2. The lowest BCUT2D eigenvalue weighted by molar-refractivity contribution is 0.255. The summed E-state index contributed by atoms with van der Waals surface area (Å²) in [5.74, 6) is -0.0514. The number of phenols is 2. The van der Waals surface area contributed by atoms with Crippen LogP contribution in [0.4, 0.5) is 16.4 Å². The highest BCUT2D eigenvalue weighted by molar-refractivity contribution is 5.97. The Kier molecular flexibility index (Phi) is 3.78. The first-order chi connectivity index (χ1) is 11.5. The van der Waals surface area contributed by atoms with Gasteiger partial charge in [0.05, 0.1) is 11.4 Å². The molecular formula is C16H15N5O3. The second-order valence-corrected chi connectivity index (χ2v) is 5.05. The van der Waals surface area contributed by atoms with Gasteiger partial charge < -0.3 is 15.9 Å². The van der Waals surface area contributed by atoms with E-state index >= 15 is 0 Å². The minimum atomic E-state index is -0.801. The number of rotatable bonds is 3. The van der Waals surface area contributed by atoms with Gasteiger partial charge in [-0.05, 0) is 31.2 Å². The van der Waals surface area contributed by atoms with Crippen molar-refractivity contribution in [3.8, 4) is 17.2 Å². The summed E-state index contributed by atoms with van der Waals surface area (Å²) in [5.41, 5.74) is 6.46. The lowest BCUT2D eigenvalue weighted by Crippen LogP contribution is -2.33. The van der Waals surface area contributed by atoms with Crippen LogP contribution in [-0.2, 0) is 0 Å². The molecule has 122 valence electrons. The molecule has 0 saturated carbocycles. The van der Waals surface area contributed by atoms with Crippen molar-refractivity contribution in [1.29, 1.82) is 0 Å². The maximum absolute atomic E-state index is 12.0. The predicted octanol–water partition coefficient (Wildman–Crippen LogP) is 2.20. The van der Waals surface area contributed by atoms with Crippen LogP contribution in [0.1, 0.15) is 5.82 Å². The summed E-state index contributed by atoms with van der Waals surface area (Å²) < 4.78 is 1.48. The Morgan fingerprint density at radius 1 is 1.12 bits per heavy atom. The predicted molar refractivity (Wildman–Crippen MR) is 87.6 cm³/mol. The number of phenolic OH excluding ortho intramolecular Hbond substituents is 2. The van der Waals surface area contributed by atoms with Crippen molar-refractivity contribution in [3.63, 3.8) is 0 Å². The number of carbonyl (C=O) groups is 1. The number of para-hydroxylation sites is 1. The zero-order valence-electron chi connectivity index (χ0n) is 12.8. The van der Waals surface area contributed by atoms with Gasteiger partial charge in [-0.3, -0.25) is 0 Å². The van der Waals surface area contributed by atoms with Crippen molar-refractivity contribution < 1.29 is 15.0 Å². The molecule has 1 aromatic heterocycles. The Morgan fingerprint density at radius 3 is 2.46 bits per heavy atom. The van der Waals surface area contributed by atoms with Gasteiger partial charge in [0.15, 0.2) is 11.5 Å². The molecule has 24 heavy (non-hydrogen) atoms. The molecule has 0 bridgehead atoms. The molecule has 3 aromatic rings. The average molecular weight is 325 g/mol. The molecule has 2 aromatic carbocycles. The van der Waals surface area contributed by atoms with E-state index in [1.807, 2.05) is 30.3 Å². The van der Waals surface area contributed by atoms with E-state index in [0.717, 1.165) is 4.90 Å². The van der Waals surface area contributed by atoms with E-state index in [1.165, 1.54) is 22.9 Å². The number of aromatic hydroxyl groups is 2. The molecule has 0 unspecified atom stereocenters. The summed E-state index contributed by atoms with van der Waals surface area (Å²) in [6.07, 6.45) is 0. The van der Waals surface area contributed by atoms with Gasteiger partial charge in [-0.1, -0.05) is 18.2 Å². The number of anilines is 2. The van der Waals surface area contributed by atoms with Crippen LogP contribution in [0.2, 0.25) is 0 Å². The maximum atomic E-state index is 12.0. The maximum Gasteiger partial charge on any atom is 0.326 e. The standard InChI is InChI=1S/C16H15N5O3/c1-10-18-16(21(19-10)11-5-3-2-4-6-11)20(15(17)24)12-7-8-13(22)14(23)9-12/h2-9,22-23H,1H3,(H2,17,24). The Morgan fingerprint density at radius 2 is 1.83 bits per heavy atom. The molecule has 1 heterocycles. The van der Waals surface area contributed by atoms with E-state index in [-0.39, 0.29) is 23.1 Å². The van der Waals surface area contributed by atoms with Gasteiger partial charge in [-0.15, -0.1) is 5.10 Å². The molecule has 0 aliphatic heterocycles. The largest absolute Gasteiger partial charge is 0.504 e. The van der Waals surface area contributed by atoms with E-state index in [9.17, 15) is 15.0 Å². The molecule has 2 amide bonds. The molecular weight excluding hydrogens is 310 g/mol. The number of benzene rings is 2. The summed E-state index contributed by atoms with van der Waals surface area (Å²) in [7, 11) is 0. The normalized spacial score (nSPS) is 10.5. The highest BCUT2D eigenvalue weighted by Crippen LogP contribution is 2.33. The first-order valence-electron chi connectivity index (χ1n) is 7.08. The molecule has 0 atom stereocenters. The van der Waals surface area contributed by atoms with Gasteiger partial charge >= 0.3 is 6.03 Å². The van der Waals surface area contributed by atoms with Crippen molar-refractivity contribution >= 4 is 17.7 Å². The van der Waals surface area contributed by atoms with E-state index < -0.39 is 6.03 Å². The second kappa shape index (κ2) is 5.92. The number of carbonyl (C=O) groups excluding carboxylic acids is 1. The van der Waals surface area contributed by atoms with Crippen molar-refractivity contribution in [2.24, 2.45) is 5.73 Å². The molecule has 8 heteroatoms. The van der Waals surface area contributed by atoms with Gasteiger partial charge in [-0.25, -0.2) is 9.69 Å². The summed E-state index contributed by atoms with van der Waals surface area (Å²) >= 11 is 0. The number of aryl methyl sites for hydroxylation is 1. The fourth-order valence-corrected chi connectivity index (χ4v) is 2.28. The molecule has 0 saturated heterocycles. The van der Waals surface area contributed by atoms with Crippen molar-refractivity contribution in [3.05, 3.63) is 54.4 Å². The number of aromatic nitrogens is 3. The molecule has 8 nitrogen and oxygen atoms in total. The van der Waals surface area contributed by atoms with Crippen molar-refractivity contribution in [2.75, 3.05) is 4.90 Å². The smallest absolute Gasteiger partial charge is 0.326 e. The molecule has 3 rings (SSSR count). The fourth-order valence-electron chi connectivity index (χ4n) is 2.28. The summed E-state index contributed by atoms with van der Waals surface area (Å²) in [4.78, 5) is 17.4. The number of nitrogens with two attached hydrogens (primary N) is 1. The third-order valence-electron chi connectivity index (χ3n) is 3.33. The van der Waals surface area contributed by atoms with Crippen LogP contribution in [-0.4, -0.2) is 31.0 Å². The molecule has 0 fully saturated rings. The highest BCUT2D eigenvalue weighted by Gasteiger charge is 2.23. The zero-order valence-corrected chi connectivity index (χ0v) is 12.8. The number of hydrogen-bond acceptors (Lipinski definition) is 5. The highest BCUT2D eigenvalue weighted by atomic mass is 16.3. The first-order valence-corrected chi connectivity index (χ1v) is 7.08. The number of nitrogens with zero attached hydrogens (tertiary/aromatic N) is 4. The summed E-state index contributed by atoms with van der Waals surface area (Å²) in [5, 5.41) is 23.4. The van der Waals surface area contributed by atoms with E-state index in [0.29, 0.717) is 11.5 Å². The van der Waals surface area contributed by atoms with Crippen LogP contribution in [0.5, 0.6) is 11.5 Å². The minimum Gasteiger partial charge on any atom is -0.504 e. The fraction of sp³-hybridized carbons (Fsp3) is 0.0625. The molecule has 0 aliphatic rings. The van der Waals surface area contributed by atoms with Crippen LogP contribution in [0.3, 0.4) is 0 Å². The van der Waals surface area contributed by atoms with Gasteiger partial charge in [0.1, 0.15) is 5.82 Å². The summed E-state index contributed by atoms with van der Waals surface area (Å²) in [6, 6.07) is 12.3. The molecule has 4 N–H and O–H groups in total. The SMILES string of the molecule is Cc1nc(N(C(N)=O)c2ccc(O)c(O)c2)n(-c2ccccc2)n1. The van der Waals surface area contributed by atoms with E-state index in [1.54, 1.807) is 6.92 Å². The number of hydrogen-bond donors (Lipinski definition) is 3. The minimum absolute atomic E-state index is 0.177. The monoisotopic (exact) mass is 325 g/mol.